The average molecular weight is 361 g/mol. The number of benzene rings is 2. The maximum absolute atomic E-state index is 12.7. The molecule has 0 aliphatic carbocycles. The number of carbonyl (C=O) groups excluding carboxylic acids is 1. The molecule has 2 amide bonds. The highest BCUT2D eigenvalue weighted by atomic mass is 79.9. The molecular formula is C17H17BrN2O2. The van der Waals surface area contributed by atoms with Gasteiger partial charge in [-0.15, -0.1) is 0 Å². The number of hydrogen-bond acceptors (Lipinski definition) is 2. The Morgan fingerprint density at radius 3 is 2.86 bits per heavy atom. The maximum atomic E-state index is 12.7. The van der Waals surface area contributed by atoms with E-state index in [9.17, 15) is 4.79 Å². The molecule has 0 saturated heterocycles. The van der Waals surface area contributed by atoms with E-state index in [1.165, 1.54) is 0 Å². The zero-order valence-corrected chi connectivity index (χ0v) is 14.1. The third-order valence-corrected chi connectivity index (χ3v) is 4.23. The van der Waals surface area contributed by atoms with Crippen LogP contribution in [0.15, 0.2) is 46.9 Å². The van der Waals surface area contributed by atoms with Gasteiger partial charge in [-0.1, -0.05) is 18.2 Å². The van der Waals surface area contributed by atoms with E-state index in [0.717, 1.165) is 27.2 Å². The van der Waals surface area contributed by atoms with Gasteiger partial charge in [-0.3, -0.25) is 4.90 Å². The molecule has 0 aromatic heterocycles. The fourth-order valence-electron chi connectivity index (χ4n) is 2.49. The summed E-state index contributed by atoms with van der Waals surface area (Å²) in [6, 6.07) is 13.3. The normalized spacial score (nSPS) is 16.7. The number of carbonyl (C=O) groups is 1. The minimum atomic E-state index is -0.158. The SMILES string of the molecule is Cc1ccc2c(c1)N(C(=O)Nc1ccccc1Br)C[C@H](C)O2. The lowest BCUT2D eigenvalue weighted by atomic mass is 10.1. The molecule has 2 aromatic rings. The van der Waals surface area contributed by atoms with Gasteiger partial charge in [0.2, 0.25) is 0 Å². The topological polar surface area (TPSA) is 41.6 Å². The number of urea groups is 1. The smallest absolute Gasteiger partial charge is 0.326 e. The number of para-hydroxylation sites is 1. The molecule has 114 valence electrons. The molecule has 5 heteroatoms. The minimum absolute atomic E-state index is 0.0415. The first-order chi connectivity index (χ1) is 10.5. The number of amides is 2. The molecule has 0 spiro atoms. The van der Waals surface area contributed by atoms with Gasteiger partial charge >= 0.3 is 6.03 Å². The largest absolute Gasteiger partial charge is 0.487 e. The van der Waals surface area contributed by atoms with Gasteiger partial charge in [0, 0.05) is 4.47 Å². The summed E-state index contributed by atoms with van der Waals surface area (Å²) in [5, 5.41) is 2.95. The highest BCUT2D eigenvalue weighted by Crippen LogP contribution is 2.35. The van der Waals surface area contributed by atoms with E-state index < -0.39 is 0 Å². The minimum Gasteiger partial charge on any atom is -0.487 e. The Bertz CT molecular complexity index is 718. The molecule has 0 saturated carbocycles. The third kappa shape index (κ3) is 2.95. The zero-order valence-electron chi connectivity index (χ0n) is 12.5. The molecule has 1 aliphatic heterocycles. The van der Waals surface area contributed by atoms with Gasteiger partial charge in [-0.2, -0.15) is 0 Å². The summed E-state index contributed by atoms with van der Waals surface area (Å²) in [5.41, 5.74) is 2.65. The molecule has 0 bridgehead atoms. The summed E-state index contributed by atoms with van der Waals surface area (Å²) in [5.74, 6) is 0.742. The number of hydrogen-bond donors (Lipinski definition) is 1. The van der Waals surface area contributed by atoms with Crippen molar-refractivity contribution in [2.24, 2.45) is 0 Å². The van der Waals surface area contributed by atoms with Crippen LogP contribution in [0.4, 0.5) is 16.2 Å². The molecule has 0 radical (unpaired) electrons. The lowest BCUT2D eigenvalue weighted by Gasteiger charge is -2.33. The fraction of sp³-hybridized carbons (Fsp3) is 0.235. The Kier molecular flexibility index (Phi) is 4.07. The molecule has 1 heterocycles. The quantitative estimate of drug-likeness (QED) is 0.808. The molecule has 3 rings (SSSR count). The van der Waals surface area contributed by atoms with Gasteiger partial charge in [-0.25, -0.2) is 4.79 Å². The standard InChI is InChI=1S/C17H17BrN2O2/c1-11-7-8-16-15(9-11)20(10-12(2)22-16)17(21)19-14-6-4-3-5-13(14)18/h3-9,12H,10H2,1-2H3,(H,19,21)/t12-/m0/s1. The van der Waals surface area contributed by atoms with Crippen LogP contribution >= 0.6 is 15.9 Å². The molecule has 0 fully saturated rings. The maximum Gasteiger partial charge on any atom is 0.326 e. The average Bonchev–Trinajstić information content (AvgIpc) is 2.49. The predicted molar refractivity (Wildman–Crippen MR) is 91.8 cm³/mol. The second-order valence-electron chi connectivity index (χ2n) is 5.42. The van der Waals surface area contributed by atoms with Crippen molar-refractivity contribution in [1.82, 2.24) is 0 Å². The number of nitrogens with one attached hydrogen (secondary N) is 1. The van der Waals surface area contributed by atoms with Crippen LogP contribution in [0.25, 0.3) is 0 Å². The van der Waals surface area contributed by atoms with Crippen molar-refractivity contribution in [3.63, 3.8) is 0 Å². The number of nitrogens with zero attached hydrogens (tertiary/aromatic N) is 1. The van der Waals surface area contributed by atoms with E-state index in [4.69, 9.17) is 4.74 Å². The van der Waals surface area contributed by atoms with E-state index in [0.29, 0.717) is 6.54 Å². The van der Waals surface area contributed by atoms with E-state index in [-0.39, 0.29) is 12.1 Å². The second-order valence-corrected chi connectivity index (χ2v) is 6.27. The molecular weight excluding hydrogens is 344 g/mol. The van der Waals surface area contributed by atoms with Crippen LogP contribution in [0.3, 0.4) is 0 Å². The van der Waals surface area contributed by atoms with Gasteiger partial charge in [0.05, 0.1) is 17.9 Å². The van der Waals surface area contributed by atoms with Gasteiger partial charge in [0.1, 0.15) is 11.9 Å². The molecule has 0 unspecified atom stereocenters. The van der Waals surface area contributed by atoms with Crippen molar-refractivity contribution in [2.45, 2.75) is 20.0 Å². The monoisotopic (exact) mass is 360 g/mol. The van der Waals surface area contributed by atoms with E-state index in [1.54, 1.807) is 4.90 Å². The highest BCUT2D eigenvalue weighted by Gasteiger charge is 2.28. The van der Waals surface area contributed by atoms with E-state index in [1.807, 2.05) is 56.3 Å². The fourth-order valence-corrected chi connectivity index (χ4v) is 2.87. The third-order valence-electron chi connectivity index (χ3n) is 3.53. The first-order valence-corrected chi connectivity index (χ1v) is 7.94. The van der Waals surface area contributed by atoms with Crippen molar-refractivity contribution in [1.29, 1.82) is 0 Å². The van der Waals surface area contributed by atoms with Crippen LogP contribution in [0.5, 0.6) is 5.75 Å². The van der Waals surface area contributed by atoms with E-state index in [2.05, 4.69) is 21.2 Å². The summed E-state index contributed by atoms with van der Waals surface area (Å²) in [6.07, 6.45) is -0.0415. The highest BCUT2D eigenvalue weighted by molar-refractivity contribution is 9.10. The first-order valence-electron chi connectivity index (χ1n) is 7.15. The van der Waals surface area contributed by atoms with Crippen LogP contribution in [0, 0.1) is 6.92 Å². The molecule has 2 aromatic carbocycles. The summed E-state index contributed by atoms with van der Waals surface area (Å²) in [4.78, 5) is 14.4. The molecule has 22 heavy (non-hydrogen) atoms. The number of fused-ring (bicyclic) bond motifs is 1. The van der Waals surface area contributed by atoms with Crippen LogP contribution in [0.2, 0.25) is 0 Å². The number of halogens is 1. The zero-order chi connectivity index (χ0) is 15.7. The molecule has 1 N–H and O–H groups in total. The number of ether oxygens (including phenoxy) is 1. The van der Waals surface area contributed by atoms with E-state index >= 15 is 0 Å². The van der Waals surface area contributed by atoms with Crippen LogP contribution in [-0.4, -0.2) is 18.7 Å². The lowest BCUT2D eigenvalue weighted by molar-refractivity contribution is 0.208. The molecule has 4 nitrogen and oxygen atoms in total. The Labute approximate surface area is 138 Å². The summed E-state index contributed by atoms with van der Waals surface area (Å²) in [6.45, 7) is 4.48. The summed E-state index contributed by atoms with van der Waals surface area (Å²) < 4.78 is 6.67. The van der Waals surface area contributed by atoms with Gasteiger partial charge in [-0.05, 0) is 59.6 Å². The Balaban J connectivity index is 1.90. The lowest BCUT2D eigenvalue weighted by Crippen LogP contribution is -2.44. The van der Waals surface area contributed by atoms with Gasteiger partial charge in [0.15, 0.2) is 0 Å². The van der Waals surface area contributed by atoms with Gasteiger partial charge < -0.3 is 10.1 Å². The number of aryl methyl sites for hydroxylation is 1. The second kappa shape index (κ2) is 6.01. The van der Waals surface area contributed by atoms with Crippen molar-refractivity contribution in [3.8, 4) is 5.75 Å². The first kappa shape index (κ1) is 14.9. The van der Waals surface area contributed by atoms with Crippen molar-refractivity contribution in [2.75, 3.05) is 16.8 Å². The Morgan fingerprint density at radius 1 is 1.32 bits per heavy atom. The summed E-state index contributed by atoms with van der Waals surface area (Å²) in [7, 11) is 0. The van der Waals surface area contributed by atoms with Crippen LogP contribution in [-0.2, 0) is 0 Å². The van der Waals surface area contributed by atoms with Crippen molar-refractivity contribution < 1.29 is 9.53 Å². The van der Waals surface area contributed by atoms with Crippen LogP contribution < -0.4 is 15.0 Å². The number of anilines is 2. The Morgan fingerprint density at radius 2 is 2.09 bits per heavy atom. The summed E-state index contributed by atoms with van der Waals surface area (Å²) >= 11 is 3.45. The van der Waals surface area contributed by atoms with Crippen molar-refractivity contribution >= 4 is 33.3 Å². The van der Waals surface area contributed by atoms with Crippen molar-refractivity contribution in [3.05, 3.63) is 52.5 Å². The Hall–Kier alpha value is -2.01. The van der Waals surface area contributed by atoms with Crippen LogP contribution in [0.1, 0.15) is 12.5 Å². The predicted octanol–water partition coefficient (Wildman–Crippen LogP) is 4.58. The molecule has 1 aliphatic rings. The number of rotatable bonds is 1. The molecule has 1 atom stereocenters. The van der Waals surface area contributed by atoms with Gasteiger partial charge in [0.25, 0.3) is 0 Å².